The molecular formula is C19H28ClN3O. The summed E-state index contributed by atoms with van der Waals surface area (Å²) in [4.78, 5) is 16.8. The predicted octanol–water partition coefficient (Wildman–Crippen LogP) is 3.79. The third-order valence-corrected chi connectivity index (χ3v) is 5.43. The highest BCUT2D eigenvalue weighted by atomic mass is 35.5. The van der Waals surface area contributed by atoms with Crippen LogP contribution in [0.25, 0.3) is 0 Å². The quantitative estimate of drug-likeness (QED) is 0.795. The molecule has 2 fully saturated rings. The van der Waals surface area contributed by atoms with Crippen LogP contribution in [0.3, 0.4) is 0 Å². The molecule has 1 heterocycles. The average molecular weight is 350 g/mol. The van der Waals surface area contributed by atoms with E-state index >= 15 is 0 Å². The zero-order chi connectivity index (χ0) is 17.3. The van der Waals surface area contributed by atoms with Crippen LogP contribution in [0.1, 0.15) is 39.5 Å². The van der Waals surface area contributed by atoms with Gasteiger partial charge in [-0.25, -0.2) is 0 Å². The van der Waals surface area contributed by atoms with Crippen LogP contribution in [0.15, 0.2) is 18.2 Å². The van der Waals surface area contributed by atoms with Gasteiger partial charge in [-0.05, 0) is 49.8 Å². The Labute approximate surface area is 149 Å². The SMILES string of the molecule is CC(C)CCN(c1ccc(N)c(Cl)c1)C1CCN(C(=O)C2CC2)C1. The molecule has 0 radical (unpaired) electrons. The van der Waals surface area contributed by atoms with Crippen molar-refractivity contribution >= 4 is 28.9 Å². The Balaban J connectivity index is 1.74. The first-order valence-electron chi connectivity index (χ1n) is 9.06. The zero-order valence-corrected chi connectivity index (χ0v) is 15.4. The molecule has 2 aliphatic rings. The number of carbonyl (C=O) groups is 1. The van der Waals surface area contributed by atoms with Gasteiger partial charge in [0, 0.05) is 37.3 Å². The van der Waals surface area contributed by atoms with E-state index in [1.165, 1.54) is 0 Å². The van der Waals surface area contributed by atoms with E-state index in [0.717, 1.165) is 51.0 Å². The molecular weight excluding hydrogens is 322 g/mol. The third kappa shape index (κ3) is 3.97. The Morgan fingerprint density at radius 1 is 1.38 bits per heavy atom. The minimum absolute atomic E-state index is 0.304. The lowest BCUT2D eigenvalue weighted by Crippen LogP contribution is -2.40. The monoisotopic (exact) mass is 349 g/mol. The molecule has 1 aliphatic carbocycles. The summed E-state index contributed by atoms with van der Waals surface area (Å²) in [7, 11) is 0. The van der Waals surface area contributed by atoms with Crippen LogP contribution in [0.2, 0.25) is 5.02 Å². The van der Waals surface area contributed by atoms with Gasteiger partial charge in [0.2, 0.25) is 5.91 Å². The summed E-state index contributed by atoms with van der Waals surface area (Å²) in [5.41, 5.74) is 7.59. The fraction of sp³-hybridized carbons (Fsp3) is 0.632. The highest BCUT2D eigenvalue weighted by Gasteiger charge is 2.38. The number of nitrogens with zero attached hydrogens (tertiary/aromatic N) is 2. The molecule has 2 N–H and O–H groups in total. The van der Waals surface area contributed by atoms with Crippen molar-refractivity contribution in [3.8, 4) is 0 Å². The average Bonchev–Trinajstić information content (AvgIpc) is 3.28. The topological polar surface area (TPSA) is 49.6 Å². The molecule has 1 saturated carbocycles. The summed E-state index contributed by atoms with van der Waals surface area (Å²) in [5, 5.41) is 0.603. The van der Waals surface area contributed by atoms with Gasteiger partial charge in [0.25, 0.3) is 0 Å². The van der Waals surface area contributed by atoms with Gasteiger partial charge in [-0.2, -0.15) is 0 Å². The van der Waals surface area contributed by atoms with E-state index in [0.29, 0.717) is 34.5 Å². The van der Waals surface area contributed by atoms with Gasteiger partial charge >= 0.3 is 0 Å². The van der Waals surface area contributed by atoms with Gasteiger partial charge < -0.3 is 15.5 Å². The molecule has 5 heteroatoms. The fourth-order valence-corrected chi connectivity index (χ4v) is 3.57. The number of amides is 1. The number of hydrogen-bond donors (Lipinski definition) is 1. The molecule has 1 amide bonds. The maximum absolute atomic E-state index is 12.3. The van der Waals surface area contributed by atoms with E-state index in [4.69, 9.17) is 17.3 Å². The van der Waals surface area contributed by atoms with Gasteiger partial charge in [0.1, 0.15) is 0 Å². The van der Waals surface area contributed by atoms with Crippen LogP contribution in [0, 0.1) is 11.8 Å². The first-order valence-corrected chi connectivity index (χ1v) is 9.44. The molecule has 1 unspecified atom stereocenters. The Hall–Kier alpha value is -1.42. The largest absolute Gasteiger partial charge is 0.398 e. The molecule has 4 nitrogen and oxygen atoms in total. The lowest BCUT2D eigenvalue weighted by molar-refractivity contribution is -0.131. The molecule has 1 atom stereocenters. The van der Waals surface area contributed by atoms with E-state index in [1.807, 2.05) is 18.2 Å². The van der Waals surface area contributed by atoms with Crippen molar-refractivity contribution in [3.63, 3.8) is 0 Å². The van der Waals surface area contributed by atoms with Crippen molar-refractivity contribution in [1.82, 2.24) is 4.90 Å². The smallest absolute Gasteiger partial charge is 0.225 e. The molecule has 0 bridgehead atoms. The van der Waals surface area contributed by atoms with Crippen LogP contribution in [0.5, 0.6) is 0 Å². The minimum Gasteiger partial charge on any atom is -0.398 e. The first kappa shape index (κ1) is 17.4. The van der Waals surface area contributed by atoms with Crippen LogP contribution in [-0.4, -0.2) is 36.5 Å². The van der Waals surface area contributed by atoms with Crippen LogP contribution >= 0.6 is 11.6 Å². The minimum atomic E-state index is 0.304. The number of likely N-dealkylation sites (tertiary alicyclic amines) is 1. The second-order valence-corrected chi connectivity index (χ2v) is 7.99. The zero-order valence-electron chi connectivity index (χ0n) is 14.7. The molecule has 1 aliphatic heterocycles. The molecule has 3 rings (SSSR count). The van der Waals surface area contributed by atoms with E-state index in [1.54, 1.807) is 0 Å². The molecule has 0 aromatic heterocycles. The van der Waals surface area contributed by atoms with E-state index in [9.17, 15) is 4.79 Å². The normalized spacial score (nSPS) is 20.7. The summed E-state index contributed by atoms with van der Waals surface area (Å²) >= 11 is 6.24. The van der Waals surface area contributed by atoms with Gasteiger partial charge in [0.15, 0.2) is 0 Å². The number of nitrogens with two attached hydrogens (primary N) is 1. The van der Waals surface area contributed by atoms with Crippen LogP contribution in [0.4, 0.5) is 11.4 Å². The number of rotatable bonds is 6. The summed E-state index contributed by atoms with van der Waals surface area (Å²) in [5.74, 6) is 1.30. The standard InChI is InChI=1S/C19H28ClN3O/c1-13(2)7-10-23(15-5-6-18(21)17(20)11-15)16-8-9-22(12-16)19(24)14-3-4-14/h5-6,11,13-14,16H,3-4,7-10,12,21H2,1-2H3. The van der Waals surface area contributed by atoms with Gasteiger partial charge in [-0.3, -0.25) is 4.79 Å². The molecule has 24 heavy (non-hydrogen) atoms. The number of halogens is 1. The second kappa shape index (κ2) is 7.22. The summed E-state index contributed by atoms with van der Waals surface area (Å²) in [6.07, 6.45) is 4.29. The molecule has 132 valence electrons. The molecule has 1 aromatic rings. The number of hydrogen-bond acceptors (Lipinski definition) is 3. The molecule has 0 spiro atoms. The van der Waals surface area contributed by atoms with Crippen molar-refractivity contribution in [2.45, 2.75) is 45.6 Å². The van der Waals surface area contributed by atoms with Crippen LogP contribution in [-0.2, 0) is 4.79 Å². The highest BCUT2D eigenvalue weighted by molar-refractivity contribution is 6.33. The van der Waals surface area contributed by atoms with Gasteiger partial charge in [-0.15, -0.1) is 0 Å². The summed E-state index contributed by atoms with van der Waals surface area (Å²) in [6, 6.07) is 6.25. The Morgan fingerprint density at radius 3 is 2.75 bits per heavy atom. The summed E-state index contributed by atoms with van der Waals surface area (Å²) in [6.45, 7) is 7.17. The van der Waals surface area contributed by atoms with Gasteiger partial charge in [0.05, 0.1) is 10.7 Å². The summed E-state index contributed by atoms with van der Waals surface area (Å²) < 4.78 is 0. The Kier molecular flexibility index (Phi) is 5.24. The van der Waals surface area contributed by atoms with Crippen molar-refractivity contribution in [2.75, 3.05) is 30.3 Å². The van der Waals surface area contributed by atoms with Crippen LogP contribution < -0.4 is 10.6 Å². The Bertz CT molecular complexity index is 600. The second-order valence-electron chi connectivity index (χ2n) is 7.58. The number of anilines is 2. The third-order valence-electron chi connectivity index (χ3n) is 5.11. The van der Waals surface area contributed by atoms with Crippen molar-refractivity contribution in [3.05, 3.63) is 23.2 Å². The Morgan fingerprint density at radius 2 is 2.12 bits per heavy atom. The maximum Gasteiger partial charge on any atom is 0.225 e. The number of carbonyl (C=O) groups excluding carboxylic acids is 1. The van der Waals surface area contributed by atoms with Crippen molar-refractivity contribution in [2.24, 2.45) is 11.8 Å². The lowest BCUT2D eigenvalue weighted by Gasteiger charge is -2.32. The molecule has 1 aromatic carbocycles. The predicted molar refractivity (Wildman–Crippen MR) is 100 cm³/mol. The van der Waals surface area contributed by atoms with E-state index < -0.39 is 0 Å². The number of nitrogen functional groups attached to an aromatic ring is 1. The van der Waals surface area contributed by atoms with Gasteiger partial charge in [-0.1, -0.05) is 25.4 Å². The molecule has 1 saturated heterocycles. The lowest BCUT2D eigenvalue weighted by atomic mass is 10.1. The first-order chi connectivity index (χ1) is 11.5. The highest BCUT2D eigenvalue weighted by Crippen LogP contribution is 2.34. The van der Waals surface area contributed by atoms with E-state index in [-0.39, 0.29) is 0 Å². The maximum atomic E-state index is 12.3. The van der Waals surface area contributed by atoms with Crippen molar-refractivity contribution in [1.29, 1.82) is 0 Å². The number of benzene rings is 1. The van der Waals surface area contributed by atoms with Crippen molar-refractivity contribution < 1.29 is 4.79 Å². The van der Waals surface area contributed by atoms with E-state index in [2.05, 4.69) is 23.6 Å². The fourth-order valence-electron chi connectivity index (χ4n) is 3.40.